The molecule has 0 aliphatic carbocycles. The Kier molecular flexibility index (Phi) is 10.8. The third-order valence-corrected chi connectivity index (χ3v) is 12.5. The van der Waals surface area contributed by atoms with Crippen molar-refractivity contribution >= 4 is 97.3 Å². The molecule has 7 nitrogen and oxygen atoms in total. The number of hydrogen-bond acceptors (Lipinski definition) is 4. The molecule has 1 N–H and O–H groups in total. The van der Waals surface area contributed by atoms with Gasteiger partial charge < -0.3 is 14.1 Å². The normalized spacial score (nSPS) is 11.2. The van der Waals surface area contributed by atoms with Crippen LogP contribution in [0.5, 0.6) is 0 Å². The number of aromatic amines is 1. The number of benzene rings is 6. The number of nitrogens with zero attached hydrogens (tertiary/aromatic N) is 6. The molecule has 310 valence electrons. The SMILES string of the molecule is Brc1ccc(-c2ccc(Br)cn2)nc1.c1ccc2c(c1)[nH]c1ccccc12.c1ccc2c(c1)c1ccccc1n2-c1ccc(-c2ccc(-n3c4ccccc4c4ccccc43)cn2)nc1. The van der Waals surface area contributed by atoms with Crippen LogP contribution in [-0.2, 0) is 0 Å². The van der Waals surface area contributed by atoms with Crippen LogP contribution in [0.3, 0.4) is 0 Å². The lowest BCUT2D eigenvalue weighted by Gasteiger charge is -2.10. The number of aromatic nitrogens is 7. The minimum absolute atomic E-state index is 0.850. The number of halogens is 2. The van der Waals surface area contributed by atoms with E-state index in [9.17, 15) is 0 Å². The maximum Gasteiger partial charge on any atom is 0.0887 e. The highest BCUT2D eigenvalue weighted by Crippen LogP contribution is 2.34. The highest BCUT2D eigenvalue weighted by Gasteiger charge is 2.14. The van der Waals surface area contributed by atoms with Gasteiger partial charge in [0, 0.05) is 64.7 Å². The summed E-state index contributed by atoms with van der Waals surface area (Å²) in [7, 11) is 0. The van der Waals surface area contributed by atoms with Crippen LogP contribution in [0.2, 0.25) is 0 Å². The summed E-state index contributed by atoms with van der Waals surface area (Å²) in [6, 6.07) is 67.0. The maximum atomic E-state index is 4.82. The molecule has 9 heteroatoms. The van der Waals surface area contributed by atoms with Gasteiger partial charge >= 0.3 is 0 Å². The van der Waals surface area contributed by atoms with Crippen LogP contribution in [0.15, 0.2) is 228 Å². The first-order chi connectivity index (χ1) is 32.1. The number of hydrogen-bond donors (Lipinski definition) is 1. The van der Waals surface area contributed by atoms with E-state index in [1.165, 1.54) is 65.4 Å². The first kappa shape index (κ1) is 40.1. The number of para-hydroxylation sites is 6. The van der Waals surface area contributed by atoms with Gasteiger partial charge in [-0.1, -0.05) is 109 Å². The zero-order valence-corrected chi connectivity index (χ0v) is 37.9. The van der Waals surface area contributed by atoms with E-state index in [1.54, 1.807) is 12.4 Å². The number of fused-ring (bicyclic) bond motifs is 9. The summed E-state index contributed by atoms with van der Waals surface area (Å²) in [6.45, 7) is 0. The van der Waals surface area contributed by atoms with Crippen molar-refractivity contribution in [1.29, 1.82) is 0 Å². The van der Waals surface area contributed by atoms with Crippen molar-refractivity contribution in [1.82, 2.24) is 34.1 Å². The molecule has 0 amide bonds. The standard InChI is InChI=1S/C34H22N4.C12H9N.C10H6Br2N2/c1-5-13-31-25(9-1)26-10-2-6-14-32(26)37(31)23-17-19-29(35-21-23)30-20-18-24(22-36-30)38-33-15-7-3-11-27(33)28-12-4-8-16-34(28)38;1-3-7-11-9(5-1)10-6-2-4-8-12(10)13-11;11-7-1-3-9(13-5-7)10-4-2-8(12)6-14-10/h1-22H;1-8,13H;1-6H. The van der Waals surface area contributed by atoms with Crippen LogP contribution in [-0.4, -0.2) is 34.1 Å². The van der Waals surface area contributed by atoms with Crippen LogP contribution >= 0.6 is 31.9 Å². The van der Waals surface area contributed by atoms with E-state index >= 15 is 0 Å². The number of nitrogens with one attached hydrogen (secondary N) is 1. The Balaban J connectivity index is 0.000000141. The summed E-state index contributed by atoms with van der Waals surface area (Å²) in [5.74, 6) is 0. The lowest BCUT2D eigenvalue weighted by Crippen LogP contribution is -1.97. The van der Waals surface area contributed by atoms with E-state index < -0.39 is 0 Å². The molecule has 13 rings (SSSR count). The van der Waals surface area contributed by atoms with Crippen LogP contribution in [0.25, 0.3) is 99.6 Å². The number of H-pyrrole nitrogens is 1. The number of rotatable bonds is 4. The Morgan fingerprint density at radius 2 is 0.585 bits per heavy atom. The predicted octanol–water partition coefficient (Wildman–Crippen LogP) is 15.3. The molecule has 65 heavy (non-hydrogen) atoms. The van der Waals surface area contributed by atoms with Gasteiger partial charge in [-0.15, -0.1) is 0 Å². The Labute approximate surface area is 391 Å². The van der Waals surface area contributed by atoms with Crippen molar-refractivity contribution in [2.45, 2.75) is 0 Å². The van der Waals surface area contributed by atoms with Crippen molar-refractivity contribution < 1.29 is 0 Å². The topological polar surface area (TPSA) is 77.2 Å². The quantitative estimate of drug-likeness (QED) is 0.191. The van der Waals surface area contributed by atoms with E-state index in [0.717, 1.165) is 43.1 Å². The van der Waals surface area contributed by atoms with Crippen LogP contribution in [0, 0.1) is 0 Å². The molecule has 13 aromatic rings. The molecule has 0 atom stereocenters. The third kappa shape index (κ3) is 7.75. The van der Waals surface area contributed by atoms with Gasteiger partial charge in [-0.05, 0) is 117 Å². The first-order valence-corrected chi connectivity index (χ1v) is 22.7. The van der Waals surface area contributed by atoms with E-state index in [2.05, 4.69) is 226 Å². The minimum atomic E-state index is 0.850. The summed E-state index contributed by atoms with van der Waals surface area (Å²) in [6.07, 6.45) is 7.41. The fourth-order valence-corrected chi connectivity index (χ4v) is 9.06. The summed E-state index contributed by atoms with van der Waals surface area (Å²) in [5.41, 5.74) is 12.7. The summed E-state index contributed by atoms with van der Waals surface area (Å²) in [5, 5.41) is 7.59. The zero-order valence-electron chi connectivity index (χ0n) is 34.7. The molecule has 0 saturated carbocycles. The lowest BCUT2D eigenvalue weighted by atomic mass is 10.2. The average molecular weight is 968 g/mol. The van der Waals surface area contributed by atoms with Crippen molar-refractivity contribution in [2.24, 2.45) is 0 Å². The van der Waals surface area contributed by atoms with Gasteiger partial charge in [0.15, 0.2) is 0 Å². The van der Waals surface area contributed by atoms with Crippen LogP contribution in [0.1, 0.15) is 0 Å². The predicted molar refractivity (Wildman–Crippen MR) is 275 cm³/mol. The Morgan fingerprint density at radius 3 is 0.892 bits per heavy atom. The van der Waals surface area contributed by atoms with Crippen molar-refractivity contribution in [2.75, 3.05) is 0 Å². The van der Waals surface area contributed by atoms with Crippen LogP contribution in [0.4, 0.5) is 0 Å². The zero-order chi connectivity index (χ0) is 43.7. The molecule has 0 aliphatic rings. The molecule has 0 saturated heterocycles. The van der Waals surface area contributed by atoms with E-state index in [-0.39, 0.29) is 0 Å². The van der Waals surface area contributed by atoms with Gasteiger partial charge in [0.2, 0.25) is 0 Å². The van der Waals surface area contributed by atoms with Crippen molar-refractivity contribution in [3.8, 4) is 34.2 Å². The second kappa shape index (κ2) is 17.4. The van der Waals surface area contributed by atoms with E-state index in [4.69, 9.17) is 9.97 Å². The Bertz CT molecular complexity index is 3420. The minimum Gasteiger partial charge on any atom is -0.355 e. The van der Waals surface area contributed by atoms with Gasteiger partial charge in [0.05, 0.1) is 68.6 Å². The summed E-state index contributed by atoms with van der Waals surface area (Å²) in [4.78, 5) is 21.5. The summed E-state index contributed by atoms with van der Waals surface area (Å²) < 4.78 is 6.50. The molecular formula is C56H37Br2N7. The van der Waals surface area contributed by atoms with E-state index in [0.29, 0.717) is 0 Å². The molecule has 0 radical (unpaired) electrons. The van der Waals surface area contributed by atoms with Gasteiger partial charge in [-0.25, -0.2) is 0 Å². The Morgan fingerprint density at radius 1 is 0.292 bits per heavy atom. The molecule has 0 aliphatic heterocycles. The third-order valence-electron chi connectivity index (χ3n) is 11.6. The largest absolute Gasteiger partial charge is 0.355 e. The molecular weight excluding hydrogens is 930 g/mol. The average Bonchev–Trinajstić information content (AvgIpc) is 4.03. The monoisotopic (exact) mass is 965 g/mol. The van der Waals surface area contributed by atoms with Crippen LogP contribution < -0.4 is 0 Å². The molecule has 0 bridgehead atoms. The van der Waals surface area contributed by atoms with Crippen molar-refractivity contribution in [3.05, 3.63) is 228 Å². The highest BCUT2D eigenvalue weighted by atomic mass is 79.9. The lowest BCUT2D eigenvalue weighted by molar-refractivity contribution is 1.12. The first-order valence-electron chi connectivity index (χ1n) is 21.2. The van der Waals surface area contributed by atoms with Crippen molar-refractivity contribution in [3.63, 3.8) is 0 Å². The molecule has 7 heterocycles. The fourth-order valence-electron chi connectivity index (χ4n) is 8.59. The molecule has 6 aromatic carbocycles. The molecule has 0 fully saturated rings. The molecule has 0 unspecified atom stereocenters. The second-order valence-corrected chi connectivity index (χ2v) is 17.3. The van der Waals surface area contributed by atoms with Gasteiger partial charge in [0.25, 0.3) is 0 Å². The van der Waals surface area contributed by atoms with Gasteiger partial charge in [-0.2, -0.15) is 0 Å². The fraction of sp³-hybridized carbons (Fsp3) is 0. The summed E-state index contributed by atoms with van der Waals surface area (Å²) >= 11 is 6.68. The van der Waals surface area contributed by atoms with E-state index in [1.807, 2.05) is 36.7 Å². The molecule has 0 spiro atoms. The Hall–Kier alpha value is -7.72. The molecule has 7 aromatic heterocycles. The number of pyridine rings is 4. The maximum absolute atomic E-state index is 4.82. The highest BCUT2D eigenvalue weighted by molar-refractivity contribution is 9.10. The second-order valence-electron chi connectivity index (χ2n) is 15.5. The van der Waals surface area contributed by atoms with Gasteiger partial charge in [0.1, 0.15) is 0 Å². The van der Waals surface area contributed by atoms with Gasteiger partial charge in [-0.3, -0.25) is 19.9 Å². The smallest absolute Gasteiger partial charge is 0.0887 e.